The number of ether oxygens (including phenoxy) is 4. The smallest absolute Gasteiger partial charge is 0.463 e. The zero-order valence-electron chi connectivity index (χ0n) is 48.4. The number of benzene rings is 4. The molecule has 0 fully saturated rings. The topological polar surface area (TPSA) is 161 Å². The highest BCUT2D eigenvalue weighted by Crippen LogP contribution is 2.52. The molecule has 0 atom stereocenters. The second-order valence-corrected chi connectivity index (χ2v) is 25.6. The molecule has 0 radical (unpaired) electrons. The van der Waals surface area contributed by atoms with Gasteiger partial charge in [0.2, 0.25) is 0 Å². The minimum atomic E-state index is -2.25. The summed E-state index contributed by atoms with van der Waals surface area (Å²) in [6.45, 7) is 28.8. The van der Waals surface area contributed by atoms with Gasteiger partial charge in [0, 0.05) is 47.9 Å². The lowest BCUT2D eigenvalue weighted by Gasteiger charge is -2.33. The minimum absolute atomic E-state index is 0.0500. The third-order valence-electron chi connectivity index (χ3n) is 12.3. The number of carbonyl (C=O) groups excluding carboxylic acids is 4. The van der Waals surface area contributed by atoms with Gasteiger partial charge < -0.3 is 37.0 Å². The van der Waals surface area contributed by atoms with Gasteiger partial charge in [-0.05, 0) is 108 Å². The molecule has 0 aliphatic rings. The Labute approximate surface area is 455 Å². The first-order valence-electron chi connectivity index (χ1n) is 25.8. The lowest BCUT2D eigenvalue weighted by molar-refractivity contribution is -0.141. The molecule has 0 aromatic heterocycles. The number of hydrogen-bond acceptors (Lipinski definition) is 14. The van der Waals surface area contributed by atoms with Gasteiger partial charge in [-0.15, -0.1) is 0 Å². The van der Waals surface area contributed by atoms with Gasteiger partial charge in [0.1, 0.15) is 23.0 Å². The van der Waals surface area contributed by atoms with Crippen molar-refractivity contribution in [3.63, 3.8) is 0 Å². The van der Waals surface area contributed by atoms with E-state index in [0.717, 1.165) is 44.5 Å². The SMILES string of the molecule is COC(=O)CCc1ccc(OP(OCC(C)(C)OP(Oc2ccc(CCC(=O)OC)cc2C(C)(C)C)Oc2ccc(CCC(=O)OC)cc2C(C)(C)C)Oc2ccc(CCC(=O)OC)cc2C(C)(C)C)c(C(C)(C)C)c1. The quantitative estimate of drug-likeness (QED) is 0.0350. The Balaban J connectivity index is 1.82. The van der Waals surface area contributed by atoms with Crippen molar-refractivity contribution < 1.29 is 65.3 Å². The first kappa shape index (κ1) is 63.3. The third-order valence-corrected chi connectivity index (χ3v) is 14.7. The summed E-state index contributed by atoms with van der Waals surface area (Å²) in [5.74, 6) is 1.02. The highest BCUT2D eigenvalue weighted by molar-refractivity contribution is 7.43. The van der Waals surface area contributed by atoms with Crippen molar-refractivity contribution in [3.8, 4) is 23.0 Å². The predicted molar refractivity (Wildman–Crippen MR) is 299 cm³/mol. The van der Waals surface area contributed by atoms with Crippen LogP contribution in [0.4, 0.5) is 0 Å². The van der Waals surface area contributed by atoms with E-state index >= 15 is 0 Å². The summed E-state index contributed by atoms with van der Waals surface area (Å²) >= 11 is 0. The molecule has 14 nitrogen and oxygen atoms in total. The molecule has 0 saturated heterocycles. The number of rotatable bonds is 25. The van der Waals surface area contributed by atoms with Gasteiger partial charge in [0.25, 0.3) is 0 Å². The lowest BCUT2D eigenvalue weighted by Crippen LogP contribution is -2.30. The molecule has 0 aliphatic carbocycles. The van der Waals surface area contributed by atoms with E-state index in [4.69, 9.17) is 46.1 Å². The second kappa shape index (κ2) is 27.4. The van der Waals surface area contributed by atoms with Crippen molar-refractivity contribution in [2.45, 2.75) is 176 Å². The van der Waals surface area contributed by atoms with Crippen LogP contribution in [0.25, 0.3) is 0 Å². The summed E-state index contributed by atoms with van der Waals surface area (Å²) in [5, 5.41) is 0. The van der Waals surface area contributed by atoms with Crippen LogP contribution < -0.4 is 18.1 Å². The molecule has 0 spiro atoms. The average Bonchev–Trinajstić information content (AvgIpc) is 3.34. The third kappa shape index (κ3) is 20.0. The van der Waals surface area contributed by atoms with Gasteiger partial charge >= 0.3 is 41.1 Å². The van der Waals surface area contributed by atoms with Crippen molar-refractivity contribution in [1.29, 1.82) is 0 Å². The Bertz CT molecular complexity index is 2430. The van der Waals surface area contributed by atoms with Crippen LogP contribution in [-0.2, 0) is 94.5 Å². The summed E-state index contributed by atoms with van der Waals surface area (Å²) in [5.41, 5.74) is 4.68. The lowest BCUT2D eigenvalue weighted by atomic mass is 9.85. The van der Waals surface area contributed by atoms with Crippen LogP contribution >= 0.6 is 17.2 Å². The molecule has 0 unspecified atom stereocenters. The molecule has 0 N–H and O–H groups in total. The molecule has 418 valence electrons. The number of methoxy groups -OCH3 is 4. The van der Waals surface area contributed by atoms with Gasteiger partial charge in [0.15, 0.2) is 0 Å². The van der Waals surface area contributed by atoms with Crippen LogP contribution in [0.5, 0.6) is 23.0 Å². The first-order valence-corrected chi connectivity index (χ1v) is 28.0. The van der Waals surface area contributed by atoms with Crippen molar-refractivity contribution in [2.75, 3.05) is 35.0 Å². The summed E-state index contributed by atoms with van der Waals surface area (Å²) in [4.78, 5) is 48.6. The van der Waals surface area contributed by atoms with E-state index in [2.05, 4.69) is 83.1 Å². The van der Waals surface area contributed by atoms with Crippen molar-refractivity contribution in [3.05, 3.63) is 117 Å². The van der Waals surface area contributed by atoms with E-state index in [0.29, 0.717) is 48.7 Å². The predicted octanol–water partition coefficient (Wildman–Crippen LogP) is 14.2. The average molecular weight is 1090 g/mol. The summed E-state index contributed by atoms with van der Waals surface area (Å²) in [6, 6.07) is 23.5. The zero-order valence-corrected chi connectivity index (χ0v) is 50.2. The van der Waals surface area contributed by atoms with Crippen LogP contribution in [-0.4, -0.2) is 64.5 Å². The summed E-state index contributed by atoms with van der Waals surface area (Å²) in [7, 11) is 1.06. The van der Waals surface area contributed by atoms with Gasteiger partial charge in [0.05, 0.1) is 40.6 Å². The molecule has 0 heterocycles. The Hall–Kier alpha value is -5.26. The van der Waals surface area contributed by atoms with Crippen LogP contribution in [0.2, 0.25) is 0 Å². The fraction of sp³-hybridized carbons (Fsp3) is 0.533. The maximum Gasteiger partial charge on any atom is 0.463 e. The minimum Gasteiger partial charge on any atom is -0.469 e. The first-order chi connectivity index (χ1) is 35.3. The molecule has 4 aromatic rings. The van der Waals surface area contributed by atoms with Crippen molar-refractivity contribution >= 4 is 41.1 Å². The van der Waals surface area contributed by atoms with Crippen LogP contribution in [0.3, 0.4) is 0 Å². The van der Waals surface area contributed by atoms with E-state index in [9.17, 15) is 19.2 Å². The van der Waals surface area contributed by atoms with E-state index in [-0.39, 0.29) is 67.0 Å². The molecular formula is C60H84O14P2. The maximum atomic E-state index is 12.1. The van der Waals surface area contributed by atoms with E-state index in [1.165, 1.54) is 28.4 Å². The monoisotopic (exact) mass is 1090 g/mol. The molecule has 0 amide bonds. The second-order valence-electron chi connectivity index (χ2n) is 23.6. The molecule has 76 heavy (non-hydrogen) atoms. The fourth-order valence-corrected chi connectivity index (χ4v) is 10.3. The normalized spacial score (nSPS) is 12.3. The van der Waals surface area contributed by atoms with Crippen molar-refractivity contribution in [1.82, 2.24) is 0 Å². The summed E-state index contributed by atoms with van der Waals surface area (Å²) < 4.78 is 61.0. The molecular weight excluding hydrogens is 1010 g/mol. The van der Waals surface area contributed by atoms with Crippen LogP contribution in [0, 0.1) is 0 Å². The molecule has 4 rings (SSSR count). The highest BCUT2D eigenvalue weighted by atomic mass is 31.2. The standard InChI is InChI=1S/C60H84O14P2/c1-56(2,3)44-35-40(23-31-52(61)65-15)19-27-48(44)70-75(71-49-28-20-41(24-32-53(62)66-16)36-45(49)57(4,5)6)69-39-60(13,14)74-76(72-50-29-21-42(25-33-54(63)67-17)37-46(50)58(7,8)9)73-51-30-22-43(26-34-55(64)68-18)38-47(51)59(10,11)12/h19-22,27-30,35-38H,23-26,31-34,39H2,1-18H3. The highest BCUT2D eigenvalue weighted by Gasteiger charge is 2.36. The molecule has 0 bridgehead atoms. The summed E-state index contributed by atoms with van der Waals surface area (Å²) in [6.07, 6.45) is 2.87. The largest absolute Gasteiger partial charge is 0.469 e. The Morgan fingerprint density at radius 3 is 0.829 bits per heavy atom. The molecule has 16 heteroatoms. The Morgan fingerprint density at radius 1 is 0.368 bits per heavy atom. The van der Waals surface area contributed by atoms with Gasteiger partial charge in [-0.1, -0.05) is 132 Å². The Kier molecular flexibility index (Phi) is 22.8. The van der Waals surface area contributed by atoms with Crippen molar-refractivity contribution in [2.24, 2.45) is 0 Å². The number of carbonyl (C=O) groups is 4. The number of esters is 4. The van der Waals surface area contributed by atoms with Crippen LogP contribution in [0.1, 0.15) is 167 Å². The van der Waals surface area contributed by atoms with Gasteiger partial charge in [-0.3, -0.25) is 28.2 Å². The zero-order chi connectivity index (χ0) is 56.8. The molecule has 4 aromatic carbocycles. The van der Waals surface area contributed by atoms with Gasteiger partial charge in [-0.25, -0.2) is 0 Å². The molecule has 0 aliphatic heterocycles. The van der Waals surface area contributed by atoms with Crippen LogP contribution in [0.15, 0.2) is 72.8 Å². The Morgan fingerprint density at radius 2 is 0.605 bits per heavy atom. The van der Waals surface area contributed by atoms with E-state index < -0.39 is 33.6 Å². The maximum absolute atomic E-state index is 12.1. The fourth-order valence-electron chi connectivity index (χ4n) is 7.87. The van der Waals surface area contributed by atoms with E-state index in [1.54, 1.807) is 0 Å². The van der Waals surface area contributed by atoms with E-state index in [1.807, 2.05) is 86.6 Å². The molecule has 0 saturated carbocycles. The number of aryl methyl sites for hydroxylation is 4. The number of hydrogen-bond donors (Lipinski definition) is 0. The van der Waals surface area contributed by atoms with Gasteiger partial charge in [-0.2, -0.15) is 0 Å².